The van der Waals surface area contributed by atoms with Crippen molar-refractivity contribution in [3.63, 3.8) is 0 Å². The van der Waals surface area contributed by atoms with Gasteiger partial charge < -0.3 is 15.1 Å². The molecule has 4 heteroatoms. The molecule has 0 spiro atoms. The van der Waals surface area contributed by atoms with Gasteiger partial charge in [-0.15, -0.1) is 0 Å². The molecule has 102 valence electrons. The minimum atomic E-state index is -0.208. The summed E-state index contributed by atoms with van der Waals surface area (Å²) in [5, 5.41) is 7.18. The van der Waals surface area contributed by atoms with Gasteiger partial charge in [-0.2, -0.15) is 0 Å². The molecule has 2 N–H and O–H groups in total. The number of carbonyl (C=O) groups is 1. The van der Waals surface area contributed by atoms with Crippen molar-refractivity contribution < 1.29 is 9.21 Å². The Kier molecular flexibility index (Phi) is 4.58. The van der Waals surface area contributed by atoms with E-state index in [4.69, 9.17) is 4.42 Å². The highest BCUT2D eigenvalue weighted by atomic mass is 16.3. The topological polar surface area (TPSA) is 54.3 Å². The van der Waals surface area contributed by atoms with Gasteiger partial charge in [0.15, 0.2) is 0 Å². The van der Waals surface area contributed by atoms with Gasteiger partial charge in [-0.1, -0.05) is 25.1 Å². The Balaban J connectivity index is 1.93. The van der Waals surface area contributed by atoms with E-state index in [1.807, 2.05) is 38.1 Å². The van der Waals surface area contributed by atoms with Crippen molar-refractivity contribution >= 4 is 16.9 Å². The van der Waals surface area contributed by atoms with E-state index in [1.165, 1.54) is 0 Å². The lowest BCUT2D eigenvalue weighted by Crippen LogP contribution is -2.42. The first-order valence-corrected chi connectivity index (χ1v) is 6.68. The van der Waals surface area contributed by atoms with Crippen molar-refractivity contribution in [2.45, 2.75) is 32.9 Å². The lowest BCUT2D eigenvalue weighted by atomic mass is 10.1. The van der Waals surface area contributed by atoms with Crippen LogP contribution in [0.25, 0.3) is 11.0 Å². The van der Waals surface area contributed by atoms with E-state index >= 15 is 0 Å². The zero-order chi connectivity index (χ0) is 13.7. The van der Waals surface area contributed by atoms with E-state index in [-0.39, 0.29) is 11.9 Å². The Morgan fingerprint density at radius 2 is 2.16 bits per heavy atom. The number of para-hydroxylation sites is 1. The summed E-state index contributed by atoms with van der Waals surface area (Å²) < 4.78 is 5.47. The highest BCUT2D eigenvalue weighted by Crippen LogP contribution is 2.20. The minimum Gasteiger partial charge on any atom is -0.464 e. The van der Waals surface area contributed by atoms with Crippen LogP contribution in [0.4, 0.5) is 0 Å². The molecular formula is C15H20N2O2. The SMILES string of the molecule is CCCNC(=O)C(C)NCc1coc2ccccc12. The Bertz CT molecular complexity index is 548. The molecule has 0 saturated carbocycles. The lowest BCUT2D eigenvalue weighted by Gasteiger charge is -2.13. The summed E-state index contributed by atoms with van der Waals surface area (Å²) in [6.07, 6.45) is 2.69. The van der Waals surface area contributed by atoms with Crippen LogP contribution < -0.4 is 10.6 Å². The first-order valence-electron chi connectivity index (χ1n) is 6.68. The van der Waals surface area contributed by atoms with Gasteiger partial charge in [0.05, 0.1) is 12.3 Å². The fourth-order valence-corrected chi connectivity index (χ4v) is 1.93. The van der Waals surface area contributed by atoms with Crippen LogP contribution in [0.1, 0.15) is 25.8 Å². The summed E-state index contributed by atoms with van der Waals surface area (Å²) in [6.45, 7) is 5.25. The summed E-state index contributed by atoms with van der Waals surface area (Å²) in [7, 11) is 0. The van der Waals surface area contributed by atoms with Crippen LogP contribution in [0.5, 0.6) is 0 Å². The molecule has 2 aromatic rings. The highest BCUT2D eigenvalue weighted by Gasteiger charge is 2.12. The number of hydrogen-bond donors (Lipinski definition) is 2. The average molecular weight is 260 g/mol. The van der Waals surface area contributed by atoms with E-state index < -0.39 is 0 Å². The standard InChI is InChI=1S/C15H20N2O2/c1-3-8-16-15(18)11(2)17-9-12-10-19-14-7-5-4-6-13(12)14/h4-7,10-11,17H,3,8-9H2,1-2H3,(H,16,18). The second-order valence-corrected chi connectivity index (χ2v) is 4.65. The number of hydrogen-bond acceptors (Lipinski definition) is 3. The van der Waals surface area contributed by atoms with Gasteiger partial charge in [-0.25, -0.2) is 0 Å². The zero-order valence-corrected chi connectivity index (χ0v) is 11.4. The third-order valence-electron chi connectivity index (χ3n) is 3.10. The molecule has 4 nitrogen and oxygen atoms in total. The summed E-state index contributed by atoms with van der Waals surface area (Å²) in [6, 6.07) is 7.69. The van der Waals surface area contributed by atoms with Gasteiger partial charge in [0.2, 0.25) is 5.91 Å². The highest BCUT2D eigenvalue weighted by molar-refractivity contribution is 5.82. The fourth-order valence-electron chi connectivity index (χ4n) is 1.93. The van der Waals surface area contributed by atoms with Crippen molar-refractivity contribution in [3.05, 3.63) is 36.1 Å². The van der Waals surface area contributed by atoms with Crippen LogP contribution >= 0.6 is 0 Å². The molecule has 1 aromatic heterocycles. The molecule has 2 rings (SSSR count). The number of nitrogens with one attached hydrogen (secondary N) is 2. The predicted molar refractivity (Wildman–Crippen MR) is 75.8 cm³/mol. The van der Waals surface area contributed by atoms with E-state index in [0.29, 0.717) is 6.54 Å². The first-order chi connectivity index (χ1) is 9.22. The summed E-state index contributed by atoms with van der Waals surface area (Å²) in [5.74, 6) is 0.0367. The quantitative estimate of drug-likeness (QED) is 0.838. The molecule has 0 aliphatic heterocycles. The predicted octanol–water partition coefficient (Wildman–Crippen LogP) is 2.44. The molecule has 1 unspecified atom stereocenters. The molecule has 19 heavy (non-hydrogen) atoms. The molecule has 0 saturated heterocycles. The fraction of sp³-hybridized carbons (Fsp3) is 0.400. The number of benzene rings is 1. The van der Waals surface area contributed by atoms with Gasteiger partial charge in [0, 0.05) is 24.0 Å². The summed E-state index contributed by atoms with van der Waals surface area (Å²) >= 11 is 0. The molecule has 1 amide bonds. The van der Waals surface area contributed by atoms with Crippen molar-refractivity contribution in [1.29, 1.82) is 0 Å². The van der Waals surface area contributed by atoms with Crippen molar-refractivity contribution in [2.75, 3.05) is 6.54 Å². The van der Waals surface area contributed by atoms with Crippen LogP contribution in [0, 0.1) is 0 Å². The Morgan fingerprint density at radius 1 is 1.37 bits per heavy atom. The van der Waals surface area contributed by atoms with Gasteiger partial charge >= 0.3 is 0 Å². The molecule has 0 radical (unpaired) electrons. The molecule has 0 bridgehead atoms. The largest absolute Gasteiger partial charge is 0.464 e. The van der Waals surface area contributed by atoms with Crippen LogP contribution in [-0.2, 0) is 11.3 Å². The van der Waals surface area contributed by atoms with Crippen molar-refractivity contribution in [3.8, 4) is 0 Å². The Morgan fingerprint density at radius 3 is 2.95 bits per heavy atom. The number of furan rings is 1. The van der Waals surface area contributed by atoms with Gasteiger partial charge in [-0.3, -0.25) is 4.79 Å². The third-order valence-corrected chi connectivity index (χ3v) is 3.10. The normalized spacial score (nSPS) is 12.5. The molecule has 1 heterocycles. The maximum Gasteiger partial charge on any atom is 0.236 e. The van der Waals surface area contributed by atoms with Gasteiger partial charge in [0.25, 0.3) is 0 Å². The number of amides is 1. The van der Waals surface area contributed by atoms with E-state index in [0.717, 1.165) is 29.5 Å². The van der Waals surface area contributed by atoms with Gasteiger partial charge in [-0.05, 0) is 19.4 Å². The zero-order valence-electron chi connectivity index (χ0n) is 11.4. The van der Waals surface area contributed by atoms with Gasteiger partial charge in [0.1, 0.15) is 5.58 Å². The molecule has 0 aliphatic carbocycles. The molecule has 1 aromatic carbocycles. The maximum atomic E-state index is 11.7. The van der Waals surface area contributed by atoms with E-state index in [9.17, 15) is 4.79 Å². The molecular weight excluding hydrogens is 240 g/mol. The first kappa shape index (κ1) is 13.6. The number of carbonyl (C=O) groups excluding carboxylic acids is 1. The Hall–Kier alpha value is -1.81. The van der Waals surface area contributed by atoms with Crippen LogP contribution in [0.15, 0.2) is 34.9 Å². The monoisotopic (exact) mass is 260 g/mol. The summed E-state index contributed by atoms with van der Waals surface area (Å²) in [5.41, 5.74) is 1.95. The van der Waals surface area contributed by atoms with Crippen molar-refractivity contribution in [2.24, 2.45) is 0 Å². The number of fused-ring (bicyclic) bond motifs is 1. The minimum absolute atomic E-state index is 0.0367. The van der Waals surface area contributed by atoms with Crippen molar-refractivity contribution in [1.82, 2.24) is 10.6 Å². The third kappa shape index (κ3) is 3.35. The Labute approximate surface area is 113 Å². The van der Waals surface area contributed by atoms with Crippen LogP contribution in [-0.4, -0.2) is 18.5 Å². The second-order valence-electron chi connectivity index (χ2n) is 4.65. The average Bonchev–Trinajstić information content (AvgIpc) is 2.85. The molecule has 1 atom stereocenters. The van der Waals surface area contributed by atoms with Crippen LogP contribution in [0.3, 0.4) is 0 Å². The molecule has 0 aliphatic rings. The summed E-state index contributed by atoms with van der Waals surface area (Å²) in [4.78, 5) is 11.7. The van der Waals surface area contributed by atoms with E-state index in [2.05, 4.69) is 10.6 Å². The second kappa shape index (κ2) is 6.38. The molecule has 0 fully saturated rings. The number of rotatable bonds is 6. The maximum absolute atomic E-state index is 11.7. The van der Waals surface area contributed by atoms with Crippen LogP contribution in [0.2, 0.25) is 0 Å². The smallest absolute Gasteiger partial charge is 0.236 e. The lowest BCUT2D eigenvalue weighted by molar-refractivity contribution is -0.122. The van der Waals surface area contributed by atoms with E-state index in [1.54, 1.807) is 6.26 Å².